The predicted octanol–water partition coefficient (Wildman–Crippen LogP) is 4.04. The molecule has 1 aromatic heterocycles. The summed E-state index contributed by atoms with van der Waals surface area (Å²) >= 11 is 1.77. The summed E-state index contributed by atoms with van der Waals surface area (Å²) in [4.78, 5) is 7.35. The van der Waals surface area contributed by atoms with Gasteiger partial charge in [0.25, 0.3) is 0 Å². The first-order valence-electron chi connectivity index (χ1n) is 8.94. The molecule has 1 unspecified atom stereocenters. The average Bonchev–Trinajstić information content (AvgIpc) is 2.98. The van der Waals surface area contributed by atoms with E-state index in [1.165, 1.54) is 15.4 Å². The van der Waals surface area contributed by atoms with Crippen LogP contribution < -0.4 is 9.64 Å². The van der Waals surface area contributed by atoms with Crippen LogP contribution in [0.3, 0.4) is 0 Å². The van der Waals surface area contributed by atoms with Crippen LogP contribution in [-0.4, -0.2) is 49.8 Å². The van der Waals surface area contributed by atoms with Crippen molar-refractivity contribution in [2.75, 3.05) is 44.7 Å². The zero-order valence-corrected chi connectivity index (χ0v) is 17.4. The van der Waals surface area contributed by atoms with E-state index in [0.29, 0.717) is 0 Å². The Bertz CT molecular complexity index is 699. The van der Waals surface area contributed by atoms with Gasteiger partial charge >= 0.3 is 0 Å². The Labute approximate surface area is 166 Å². The highest BCUT2D eigenvalue weighted by molar-refractivity contribution is 7.12. The van der Waals surface area contributed by atoms with Gasteiger partial charge in [0.05, 0.1) is 18.9 Å². The van der Waals surface area contributed by atoms with Crippen molar-refractivity contribution < 1.29 is 9.84 Å². The fourth-order valence-corrected chi connectivity index (χ4v) is 4.53. The molecule has 0 radical (unpaired) electrons. The number of hydrogen-bond donors (Lipinski definition) is 1. The zero-order chi connectivity index (χ0) is 17.8. The van der Waals surface area contributed by atoms with Crippen LogP contribution in [-0.2, 0) is 0 Å². The first-order chi connectivity index (χ1) is 12.1. The molecule has 1 atom stereocenters. The Morgan fingerprint density at radius 2 is 1.85 bits per heavy atom. The van der Waals surface area contributed by atoms with Crippen LogP contribution >= 0.6 is 23.7 Å². The van der Waals surface area contributed by atoms with Gasteiger partial charge in [0.15, 0.2) is 0 Å². The Morgan fingerprint density at radius 3 is 2.46 bits per heavy atom. The first-order valence-corrected chi connectivity index (χ1v) is 9.75. The molecule has 144 valence electrons. The molecule has 1 saturated heterocycles. The summed E-state index contributed by atoms with van der Waals surface area (Å²) in [7, 11) is 1.73. The van der Waals surface area contributed by atoms with Crippen LogP contribution in [0.5, 0.6) is 5.75 Å². The number of aliphatic hydroxyl groups is 1. The number of benzene rings is 1. The van der Waals surface area contributed by atoms with Gasteiger partial charge in [-0.2, -0.15) is 0 Å². The second-order valence-corrected chi connectivity index (χ2v) is 8.13. The van der Waals surface area contributed by atoms with E-state index in [1.807, 2.05) is 12.1 Å². The number of ether oxygens (including phenoxy) is 1. The summed E-state index contributed by atoms with van der Waals surface area (Å²) in [6.45, 7) is 9.17. The monoisotopic (exact) mass is 396 g/mol. The average molecular weight is 397 g/mol. The van der Waals surface area contributed by atoms with Crippen LogP contribution in [0.25, 0.3) is 0 Å². The van der Waals surface area contributed by atoms with Crippen LogP contribution in [0.1, 0.15) is 27.8 Å². The van der Waals surface area contributed by atoms with Crippen molar-refractivity contribution in [2.24, 2.45) is 0 Å². The minimum absolute atomic E-state index is 0. The highest BCUT2D eigenvalue weighted by atomic mass is 35.5. The molecule has 2 aromatic rings. The van der Waals surface area contributed by atoms with Gasteiger partial charge in [-0.25, -0.2) is 0 Å². The van der Waals surface area contributed by atoms with E-state index in [0.717, 1.165) is 50.5 Å². The molecule has 0 aliphatic carbocycles. The Balaban J connectivity index is 0.00000243. The maximum atomic E-state index is 10.5. The first kappa shape index (κ1) is 21.0. The third-order valence-electron chi connectivity index (χ3n) is 4.96. The van der Waals surface area contributed by atoms with Gasteiger partial charge in [0, 0.05) is 42.5 Å². The van der Waals surface area contributed by atoms with Crippen molar-refractivity contribution in [3.63, 3.8) is 0 Å². The molecule has 0 amide bonds. The molecular weight excluding hydrogens is 368 g/mol. The smallest absolute Gasteiger partial charge is 0.142 e. The van der Waals surface area contributed by atoms with E-state index in [-0.39, 0.29) is 18.5 Å². The van der Waals surface area contributed by atoms with Gasteiger partial charge in [0.1, 0.15) is 5.75 Å². The van der Waals surface area contributed by atoms with Crippen molar-refractivity contribution in [3.8, 4) is 5.75 Å². The van der Waals surface area contributed by atoms with Crippen molar-refractivity contribution in [2.45, 2.75) is 26.4 Å². The maximum Gasteiger partial charge on any atom is 0.142 e. The maximum absolute atomic E-state index is 10.5. The standard InChI is InChI=1S/C20H28N2O2S.ClH/c1-15-14-17(16(2)25-15)19(23)8-9-21-10-12-22(13-11-21)18-6-4-5-7-20(18)24-3;/h4-7,14,19,23H,8-13H2,1-3H3;1H. The molecule has 0 saturated carbocycles. The fraction of sp³-hybridized carbons (Fsp3) is 0.500. The minimum atomic E-state index is -0.350. The Morgan fingerprint density at radius 1 is 1.15 bits per heavy atom. The highest BCUT2D eigenvalue weighted by Gasteiger charge is 2.21. The fourth-order valence-electron chi connectivity index (χ4n) is 3.55. The second kappa shape index (κ2) is 9.60. The van der Waals surface area contributed by atoms with E-state index in [1.54, 1.807) is 18.4 Å². The van der Waals surface area contributed by atoms with E-state index in [2.05, 4.69) is 41.8 Å². The van der Waals surface area contributed by atoms with Crippen molar-refractivity contribution in [1.29, 1.82) is 0 Å². The molecule has 26 heavy (non-hydrogen) atoms. The molecule has 0 bridgehead atoms. The summed E-state index contributed by atoms with van der Waals surface area (Å²) in [5.74, 6) is 0.940. The Kier molecular flexibility index (Phi) is 7.77. The topological polar surface area (TPSA) is 35.9 Å². The van der Waals surface area contributed by atoms with Crippen molar-refractivity contribution >= 4 is 29.4 Å². The summed E-state index contributed by atoms with van der Waals surface area (Å²) in [5.41, 5.74) is 2.28. The lowest BCUT2D eigenvalue weighted by Crippen LogP contribution is -2.46. The molecule has 1 aliphatic heterocycles. The van der Waals surface area contributed by atoms with E-state index < -0.39 is 0 Å². The van der Waals surface area contributed by atoms with Gasteiger partial charge < -0.3 is 14.7 Å². The summed E-state index contributed by atoms with van der Waals surface area (Å²) in [6, 6.07) is 10.3. The number of rotatable bonds is 6. The normalized spacial score (nSPS) is 16.2. The molecule has 0 spiro atoms. The van der Waals surface area contributed by atoms with Gasteiger partial charge in [-0.3, -0.25) is 4.90 Å². The van der Waals surface area contributed by atoms with E-state index in [9.17, 15) is 5.11 Å². The molecule has 3 rings (SSSR count). The van der Waals surface area contributed by atoms with Crippen molar-refractivity contribution in [3.05, 3.63) is 45.6 Å². The summed E-state index contributed by atoms with van der Waals surface area (Å²) in [6.07, 6.45) is 0.447. The largest absolute Gasteiger partial charge is 0.495 e. The third kappa shape index (κ3) is 4.92. The molecule has 1 aliphatic rings. The van der Waals surface area contributed by atoms with Crippen LogP contribution in [0.15, 0.2) is 30.3 Å². The molecule has 6 heteroatoms. The predicted molar refractivity (Wildman–Crippen MR) is 112 cm³/mol. The quantitative estimate of drug-likeness (QED) is 0.799. The number of thiophene rings is 1. The number of nitrogens with zero attached hydrogens (tertiary/aromatic N) is 2. The second-order valence-electron chi connectivity index (χ2n) is 6.67. The van der Waals surface area contributed by atoms with Gasteiger partial charge in [-0.15, -0.1) is 23.7 Å². The van der Waals surface area contributed by atoms with E-state index in [4.69, 9.17) is 4.74 Å². The number of para-hydroxylation sites is 2. The molecule has 4 nitrogen and oxygen atoms in total. The van der Waals surface area contributed by atoms with Crippen LogP contribution in [0.2, 0.25) is 0 Å². The zero-order valence-electron chi connectivity index (χ0n) is 15.8. The van der Waals surface area contributed by atoms with Gasteiger partial charge in [-0.1, -0.05) is 12.1 Å². The van der Waals surface area contributed by atoms with Gasteiger partial charge in [0.2, 0.25) is 0 Å². The lowest BCUT2D eigenvalue weighted by molar-refractivity contribution is 0.139. The molecule has 2 heterocycles. The lowest BCUT2D eigenvalue weighted by atomic mass is 10.1. The third-order valence-corrected chi connectivity index (χ3v) is 5.94. The number of methoxy groups -OCH3 is 1. The van der Waals surface area contributed by atoms with Crippen LogP contribution in [0.4, 0.5) is 5.69 Å². The molecule has 1 fully saturated rings. The molecular formula is C20H29ClN2O2S. The number of anilines is 1. The van der Waals surface area contributed by atoms with Gasteiger partial charge in [-0.05, 0) is 44.0 Å². The van der Waals surface area contributed by atoms with E-state index >= 15 is 0 Å². The number of piperazine rings is 1. The Hall–Kier alpha value is -1.27. The summed E-state index contributed by atoms with van der Waals surface area (Å²) < 4.78 is 5.48. The molecule has 1 N–H and O–H groups in total. The number of hydrogen-bond acceptors (Lipinski definition) is 5. The number of aryl methyl sites for hydroxylation is 2. The van der Waals surface area contributed by atoms with Crippen molar-refractivity contribution in [1.82, 2.24) is 4.90 Å². The highest BCUT2D eigenvalue weighted by Crippen LogP contribution is 2.30. The minimum Gasteiger partial charge on any atom is -0.495 e. The number of aliphatic hydroxyl groups excluding tert-OH is 1. The van der Waals surface area contributed by atoms with Crippen LogP contribution in [0, 0.1) is 13.8 Å². The SMILES string of the molecule is COc1ccccc1N1CCN(CCC(O)c2cc(C)sc2C)CC1.Cl. The summed E-state index contributed by atoms with van der Waals surface area (Å²) in [5, 5.41) is 10.5. The molecule has 1 aromatic carbocycles. The number of halogens is 1. The lowest BCUT2D eigenvalue weighted by Gasteiger charge is -2.36.